The Morgan fingerprint density at radius 3 is 2.77 bits per heavy atom. The molecule has 0 radical (unpaired) electrons. The summed E-state index contributed by atoms with van der Waals surface area (Å²) < 4.78 is 0. The van der Waals surface area contributed by atoms with E-state index in [1.807, 2.05) is 11.8 Å². The summed E-state index contributed by atoms with van der Waals surface area (Å²) in [5, 5.41) is 0. The lowest BCUT2D eigenvalue weighted by Gasteiger charge is -2.23. The molecule has 0 aromatic rings. The van der Waals surface area contributed by atoms with Gasteiger partial charge in [-0.25, -0.2) is 0 Å². The van der Waals surface area contributed by atoms with E-state index in [4.69, 9.17) is 5.73 Å². The molecule has 0 spiro atoms. The summed E-state index contributed by atoms with van der Waals surface area (Å²) in [6.07, 6.45) is 4.71. The molecule has 13 heavy (non-hydrogen) atoms. The molecule has 1 atom stereocenters. The van der Waals surface area contributed by atoms with E-state index >= 15 is 0 Å². The van der Waals surface area contributed by atoms with Gasteiger partial charge in [-0.15, -0.1) is 6.58 Å². The van der Waals surface area contributed by atoms with Crippen LogP contribution in [0.15, 0.2) is 12.7 Å². The first-order chi connectivity index (χ1) is 6.20. The fourth-order valence-corrected chi connectivity index (χ4v) is 1.33. The van der Waals surface area contributed by atoms with Crippen LogP contribution >= 0.6 is 0 Å². The Morgan fingerprint density at radius 1 is 1.77 bits per heavy atom. The van der Waals surface area contributed by atoms with Gasteiger partial charge in [0.1, 0.15) is 0 Å². The second-order valence-corrected chi connectivity index (χ2v) is 3.53. The summed E-state index contributed by atoms with van der Waals surface area (Å²) in [7, 11) is 0. The monoisotopic (exact) mass is 182 g/mol. The Balaban J connectivity index is 2.52. The van der Waals surface area contributed by atoms with E-state index in [1.54, 1.807) is 6.08 Å². The van der Waals surface area contributed by atoms with Crippen LogP contribution in [0.2, 0.25) is 0 Å². The number of nitrogens with zero attached hydrogens (tertiary/aromatic N) is 1. The molecule has 0 aliphatic heterocycles. The SMILES string of the molecule is C=CCN(C(=O)C(N)CC)C1CC1. The molecule has 1 amide bonds. The summed E-state index contributed by atoms with van der Waals surface area (Å²) in [5.41, 5.74) is 5.69. The highest BCUT2D eigenvalue weighted by Gasteiger charge is 2.33. The molecule has 0 aromatic heterocycles. The summed E-state index contributed by atoms with van der Waals surface area (Å²) in [6, 6.07) is 0.101. The standard InChI is InChI=1S/C10H18N2O/c1-3-7-12(8-5-6-8)10(13)9(11)4-2/h3,8-9H,1,4-7,11H2,2H3. The van der Waals surface area contributed by atoms with Crippen molar-refractivity contribution in [3.63, 3.8) is 0 Å². The normalized spacial score (nSPS) is 18.0. The minimum Gasteiger partial charge on any atom is -0.335 e. The first kappa shape index (κ1) is 10.3. The molecule has 1 saturated carbocycles. The van der Waals surface area contributed by atoms with E-state index in [9.17, 15) is 4.79 Å². The molecule has 0 heterocycles. The number of amides is 1. The average Bonchev–Trinajstić information content (AvgIpc) is 2.95. The van der Waals surface area contributed by atoms with E-state index in [1.165, 1.54) is 0 Å². The number of nitrogens with two attached hydrogens (primary N) is 1. The van der Waals surface area contributed by atoms with Crippen LogP contribution in [-0.2, 0) is 4.79 Å². The molecule has 0 aromatic carbocycles. The maximum absolute atomic E-state index is 11.7. The van der Waals surface area contributed by atoms with Gasteiger partial charge in [-0.05, 0) is 19.3 Å². The van der Waals surface area contributed by atoms with Gasteiger partial charge in [0.2, 0.25) is 5.91 Å². The average molecular weight is 182 g/mol. The van der Waals surface area contributed by atoms with E-state index in [2.05, 4.69) is 6.58 Å². The zero-order valence-corrected chi connectivity index (χ0v) is 8.20. The molecule has 2 N–H and O–H groups in total. The van der Waals surface area contributed by atoms with Crippen molar-refractivity contribution < 1.29 is 4.79 Å². The zero-order chi connectivity index (χ0) is 9.84. The predicted molar refractivity (Wildman–Crippen MR) is 53.2 cm³/mol. The van der Waals surface area contributed by atoms with Crippen molar-refractivity contribution in [1.82, 2.24) is 4.90 Å². The second kappa shape index (κ2) is 4.42. The highest BCUT2D eigenvalue weighted by atomic mass is 16.2. The maximum atomic E-state index is 11.7. The van der Waals surface area contributed by atoms with Gasteiger partial charge in [0.25, 0.3) is 0 Å². The number of rotatable bonds is 5. The fourth-order valence-electron chi connectivity index (χ4n) is 1.33. The summed E-state index contributed by atoms with van der Waals surface area (Å²) in [4.78, 5) is 13.5. The Bertz CT molecular complexity index is 199. The molecule has 3 heteroatoms. The van der Waals surface area contributed by atoms with Gasteiger partial charge < -0.3 is 10.6 Å². The van der Waals surface area contributed by atoms with Crippen molar-refractivity contribution in [3.05, 3.63) is 12.7 Å². The molecule has 3 nitrogen and oxygen atoms in total. The van der Waals surface area contributed by atoms with Gasteiger partial charge in [0.05, 0.1) is 6.04 Å². The van der Waals surface area contributed by atoms with Crippen LogP contribution in [0.1, 0.15) is 26.2 Å². The summed E-state index contributed by atoms with van der Waals surface area (Å²) >= 11 is 0. The van der Waals surface area contributed by atoms with Crippen LogP contribution < -0.4 is 5.73 Å². The smallest absolute Gasteiger partial charge is 0.240 e. The van der Waals surface area contributed by atoms with Crippen LogP contribution in [0.5, 0.6) is 0 Å². The fraction of sp³-hybridized carbons (Fsp3) is 0.700. The van der Waals surface area contributed by atoms with Crippen LogP contribution in [0.4, 0.5) is 0 Å². The Morgan fingerprint density at radius 2 is 2.38 bits per heavy atom. The first-order valence-corrected chi connectivity index (χ1v) is 4.87. The topological polar surface area (TPSA) is 46.3 Å². The molecular formula is C10H18N2O. The van der Waals surface area contributed by atoms with Crippen molar-refractivity contribution in [3.8, 4) is 0 Å². The lowest BCUT2D eigenvalue weighted by molar-refractivity contribution is -0.132. The zero-order valence-electron chi connectivity index (χ0n) is 8.20. The quantitative estimate of drug-likeness (QED) is 0.642. The molecule has 0 saturated heterocycles. The van der Waals surface area contributed by atoms with Crippen molar-refractivity contribution in [2.75, 3.05) is 6.54 Å². The molecule has 1 aliphatic rings. The number of carbonyl (C=O) groups excluding carboxylic acids is 1. The minimum atomic E-state index is -0.333. The largest absolute Gasteiger partial charge is 0.335 e. The van der Waals surface area contributed by atoms with E-state index in [-0.39, 0.29) is 11.9 Å². The molecule has 74 valence electrons. The highest BCUT2D eigenvalue weighted by Crippen LogP contribution is 2.27. The van der Waals surface area contributed by atoms with Crippen LogP contribution in [0, 0.1) is 0 Å². The molecule has 1 aliphatic carbocycles. The van der Waals surface area contributed by atoms with Crippen molar-refractivity contribution in [2.24, 2.45) is 5.73 Å². The molecule has 1 fully saturated rings. The van der Waals surface area contributed by atoms with Crippen molar-refractivity contribution in [1.29, 1.82) is 0 Å². The third-order valence-electron chi connectivity index (χ3n) is 2.35. The van der Waals surface area contributed by atoms with E-state index in [0.717, 1.165) is 12.8 Å². The maximum Gasteiger partial charge on any atom is 0.240 e. The van der Waals surface area contributed by atoms with Crippen molar-refractivity contribution in [2.45, 2.75) is 38.3 Å². The van der Waals surface area contributed by atoms with E-state index in [0.29, 0.717) is 19.0 Å². The third-order valence-corrected chi connectivity index (χ3v) is 2.35. The molecule has 0 bridgehead atoms. The Labute approximate surface area is 79.6 Å². The first-order valence-electron chi connectivity index (χ1n) is 4.87. The Kier molecular flexibility index (Phi) is 3.48. The number of hydrogen-bond donors (Lipinski definition) is 1. The lowest BCUT2D eigenvalue weighted by Crippen LogP contribution is -2.44. The Hall–Kier alpha value is -0.830. The van der Waals surface area contributed by atoms with Gasteiger partial charge >= 0.3 is 0 Å². The predicted octanol–water partition coefficient (Wildman–Crippen LogP) is 0.901. The highest BCUT2D eigenvalue weighted by molar-refractivity contribution is 5.82. The number of carbonyl (C=O) groups is 1. The summed E-state index contributed by atoms with van der Waals surface area (Å²) in [5.74, 6) is 0.0740. The van der Waals surface area contributed by atoms with Crippen LogP contribution in [0.3, 0.4) is 0 Å². The molecule has 1 rings (SSSR count). The second-order valence-electron chi connectivity index (χ2n) is 3.53. The lowest BCUT2D eigenvalue weighted by atomic mass is 10.2. The number of hydrogen-bond acceptors (Lipinski definition) is 2. The summed E-state index contributed by atoms with van der Waals surface area (Å²) in [6.45, 7) is 6.21. The van der Waals surface area contributed by atoms with Gasteiger partial charge in [0.15, 0.2) is 0 Å². The van der Waals surface area contributed by atoms with Gasteiger partial charge in [-0.2, -0.15) is 0 Å². The molecule has 1 unspecified atom stereocenters. The minimum absolute atomic E-state index is 0.0740. The van der Waals surface area contributed by atoms with Crippen LogP contribution in [0.25, 0.3) is 0 Å². The molecular weight excluding hydrogens is 164 g/mol. The van der Waals surface area contributed by atoms with Gasteiger partial charge in [0, 0.05) is 12.6 Å². The van der Waals surface area contributed by atoms with Crippen molar-refractivity contribution >= 4 is 5.91 Å². The van der Waals surface area contributed by atoms with Gasteiger partial charge in [-0.1, -0.05) is 13.0 Å². The third kappa shape index (κ3) is 2.56. The van der Waals surface area contributed by atoms with E-state index < -0.39 is 0 Å². The van der Waals surface area contributed by atoms with Crippen LogP contribution in [-0.4, -0.2) is 29.4 Å². The van der Waals surface area contributed by atoms with Gasteiger partial charge in [-0.3, -0.25) is 4.79 Å².